The summed E-state index contributed by atoms with van der Waals surface area (Å²) in [6.45, 7) is 3.82. The molecule has 0 aliphatic carbocycles. The summed E-state index contributed by atoms with van der Waals surface area (Å²) in [5.41, 5.74) is 9.52. The van der Waals surface area contributed by atoms with Gasteiger partial charge in [-0.25, -0.2) is 0 Å². The van der Waals surface area contributed by atoms with Gasteiger partial charge in [-0.05, 0) is 43.2 Å². The molecule has 0 fully saturated rings. The van der Waals surface area contributed by atoms with E-state index in [9.17, 15) is 4.79 Å². The molecule has 0 saturated carbocycles. The van der Waals surface area contributed by atoms with Crippen LogP contribution >= 0.6 is 0 Å². The van der Waals surface area contributed by atoms with Crippen molar-refractivity contribution < 1.29 is 4.79 Å². The molecule has 0 unspecified atom stereocenters. The van der Waals surface area contributed by atoms with Crippen molar-refractivity contribution in [1.82, 2.24) is 10.2 Å². The van der Waals surface area contributed by atoms with Crippen molar-refractivity contribution >= 4 is 17.3 Å². The van der Waals surface area contributed by atoms with Gasteiger partial charge in [-0.3, -0.25) is 9.89 Å². The molecule has 5 heteroatoms. The number of hydrogen-bond donors (Lipinski definition) is 3. The van der Waals surface area contributed by atoms with Crippen LogP contribution in [0.5, 0.6) is 0 Å². The second-order valence-electron chi connectivity index (χ2n) is 3.95. The van der Waals surface area contributed by atoms with Crippen LogP contribution in [-0.2, 0) is 0 Å². The highest BCUT2D eigenvalue weighted by atomic mass is 16.1. The van der Waals surface area contributed by atoms with E-state index in [1.165, 1.54) is 6.20 Å². The number of nitrogens with two attached hydrogens (primary N) is 1. The number of benzene rings is 1. The number of nitrogens with one attached hydrogen (secondary N) is 2. The zero-order valence-electron chi connectivity index (χ0n) is 9.74. The number of amides is 1. The van der Waals surface area contributed by atoms with Gasteiger partial charge in [-0.15, -0.1) is 0 Å². The second kappa shape index (κ2) is 4.29. The van der Waals surface area contributed by atoms with Crippen LogP contribution in [0.15, 0.2) is 24.4 Å². The third-order valence-corrected chi connectivity index (χ3v) is 2.54. The van der Waals surface area contributed by atoms with E-state index in [0.29, 0.717) is 11.4 Å². The molecule has 0 spiro atoms. The van der Waals surface area contributed by atoms with Gasteiger partial charge in [0.2, 0.25) is 0 Å². The Kier molecular flexibility index (Phi) is 2.82. The maximum Gasteiger partial charge on any atom is 0.273 e. The average molecular weight is 230 g/mol. The van der Waals surface area contributed by atoms with E-state index in [2.05, 4.69) is 15.5 Å². The summed E-state index contributed by atoms with van der Waals surface area (Å²) in [6.07, 6.45) is 1.54. The smallest absolute Gasteiger partial charge is 0.273 e. The van der Waals surface area contributed by atoms with Crippen LogP contribution in [0.2, 0.25) is 0 Å². The second-order valence-corrected chi connectivity index (χ2v) is 3.95. The highest BCUT2D eigenvalue weighted by Crippen LogP contribution is 2.23. The molecule has 88 valence electrons. The molecular weight excluding hydrogens is 216 g/mol. The van der Waals surface area contributed by atoms with E-state index in [0.717, 1.165) is 16.8 Å². The SMILES string of the molecule is Cc1cc(N)cc(C)c1NC(=O)c1ccn[nH]1. The first-order valence-electron chi connectivity index (χ1n) is 5.25. The summed E-state index contributed by atoms with van der Waals surface area (Å²) < 4.78 is 0. The lowest BCUT2D eigenvalue weighted by Gasteiger charge is -2.11. The zero-order chi connectivity index (χ0) is 12.4. The summed E-state index contributed by atoms with van der Waals surface area (Å²) in [6, 6.07) is 5.28. The Hall–Kier alpha value is -2.30. The lowest BCUT2D eigenvalue weighted by molar-refractivity contribution is 0.102. The monoisotopic (exact) mass is 230 g/mol. The van der Waals surface area contributed by atoms with Gasteiger partial charge in [0.15, 0.2) is 0 Å². The Labute approximate surface area is 99.0 Å². The van der Waals surface area contributed by atoms with Gasteiger partial charge in [-0.1, -0.05) is 0 Å². The molecule has 5 nitrogen and oxygen atoms in total. The van der Waals surface area contributed by atoms with Gasteiger partial charge in [0.25, 0.3) is 5.91 Å². The van der Waals surface area contributed by atoms with E-state index in [1.54, 1.807) is 6.07 Å². The number of aromatic nitrogens is 2. The van der Waals surface area contributed by atoms with Gasteiger partial charge in [-0.2, -0.15) is 5.10 Å². The van der Waals surface area contributed by atoms with Gasteiger partial charge < -0.3 is 11.1 Å². The third-order valence-electron chi connectivity index (χ3n) is 2.54. The summed E-state index contributed by atoms with van der Waals surface area (Å²) >= 11 is 0. The van der Waals surface area contributed by atoms with Crippen molar-refractivity contribution in [2.75, 3.05) is 11.1 Å². The highest BCUT2D eigenvalue weighted by molar-refractivity contribution is 6.03. The molecule has 0 atom stereocenters. The minimum atomic E-state index is -0.210. The molecule has 1 aromatic carbocycles. The van der Waals surface area contributed by atoms with Crippen LogP contribution in [0.1, 0.15) is 21.6 Å². The van der Waals surface area contributed by atoms with E-state index in [-0.39, 0.29) is 5.91 Å². The molecule has 17 heavy (non-hydrogen) atoms. The number of nitrogen functional groups attached to an aromatic ring is 1. The van der Waals surface area contributed by atoms with Crippen molar-refractivity contribution in [3.63, 3.8) is 0 Å². The summed E-state index contributed by atoms with van der Waals surface area (Å²) in [5, 5.41) is 9.20. The first-order chi connectivity index (χ1) is 8.08. The molecule has 1 aromatic heterocycles. The molecule has 0 bridgehead atoms. The first kappa shape index (κ1) is 11.2. The molecule has 0 aliphatic rings. The molecule has 1 heterocycles. The van der Waals surface area contributed by atoms with E-state index < -0.39 is 0 Å². The molecule has 4 N–H and O–H groups in total. The molecule has 0 saturated heterocycles. The van der Waals surface area contributed by atoms with Crippen LogP contribution in [0.3, 0.4) is 0 Å². The number of rotatable bonds is 2. The van der Waals surface area contributed by atoms with Gasteiger partial charge in [0, 0.05) is 17.6 Å². The fraction of sp³-hybridized carbons (Fsp3) is 0.167. The summed E-state index contributed by atoms with van der Waals surface area (Å²) in [5.74, 6) is -0.210. The fourth-order valence-electron chi connectivity index (χ4n) is 1.76. The van der Waals surface area contributed by atoms with Crippen LogP contribution in [0, 0.1) is 13.8 Å². The molecule has 0 aliphatic heterocycles. The predicted octanol–water partition coefficient (Wildman–Crippen LogP) is 1.86. The Morgan fingerprint density at radius 3 is 2.53 bits per heavy atom. The average Bonchev–Trinajstić information content (AvgIpc) is 2.76. The Bertz CT molecular complexity index is 523. The maximum absolute atomic E-state index is 11.9. The third kappa shape index (κ3) is 2.28. The summed E-state index contributed by atoms with van der Waals surface area (Å²) in [7, 11) is 0. The number of aromatic amines is 1. The Morgan fingerprint density at radius 2 is 2.00 bits per heavy atom. The van der Waals surface area contributed by atoms with Gasteiger partial charge in [0.05, 0.1) is 0 Å². The number of H-pyrrole nitrogens is 1. The number of nitrogens with zero attached hydrogens (tertiary/aromatic N) is 1. The van der Waals surface area contributed by atoms with Gasteiger partial charge in [0.1, 0.15) is 5.69 Å². The molecular formula is C12H14N4O. The standard InChI is InChI=1S/C12H14N4O/c1-7-5-9(13)6-8(2)11(7)15-12(17)10-3-4-14-16-10/h3-6H,13H2,1-2H3,(H,14,16)(H,15,17). The van der Waals surface area contributed by atoms with E-state index in [4.69, 9.17) is 5.73 Å². The predicted molar refractivity (Wildman–Crippen MR) is 66.9 cm³/mol. The minimum absolute atomic E-state index is 0.210. The maximum atomic E-state index is 11.9. The molecule has 0 radical (unpaired) electrons. The molecule has 2 aromatic rings. The number of hydrogen-bond acceptors (Lipinski definition) is 3. The van der Waals surface area contributed by atoms with E-state index >= 15 is 0 Å². The zero-order valence-corrected chi connectivity index (χ0v) is 9.74. The van der Waals surface area contributed by atoms with Crippen LogP contribution in [-0.4, -0.2) is 16.1 Å². The van der Waals surface area contributed by atoms with E-state index in [1.807, 2.05) is 26.0 Å². The Balaban J connectivity index is 2.28. The van der Waals surface area contributed by atoms with Crippen molar-refractivity contribution in [2.24, 2.45) is 0 Å². The number of aryl methyl sites for hydroxylation is 2. The summed E-state index contributed by atoms with van der Waals surface area (Å²) in [4.78, 5) is 11.9. The van der Waals surface area contributed by atoms with Crippen LogP contribution < -0.4 is 11.1 Å². The van der Waals surface area contributed by atoms with Gasteiger partial charge >= 0.3 is 0 Å². The van der Waals surface area contributed by atoms with Crippen LogP contribution in [0.25, 0.3) is 0 Å². The highest BCUT2D eigenvalue weighted by Gasteiger charge is 2.10. The lowest BCUT2D eigenvalue weighted by Crippen LogP contribution is -2.14. The first-order valence-corrected chi connectivity index (χ1v) is 5.25. The van der Waals surface area contributed by atoms with Crippen molar-refractivity contribution in [2.45, 2.75) is 13.8 Å². The number of anilines is 2. The number of carbonyl (C=O) groups excluding carboxylic acids is 1. The fourth-order valence-corrected chi connectivity index (χ4v) is 1.76. The number of carbonyl (C=O) groups is 1. The van der Waals surface area contributed by atoms with Crippen LogP contribution in [0.4, 0.5) is 11.4 Å². The molecule has 1 amide bonds. The van der Waals surface area contributed by atoms with Crippen molar-refractivity contribution in [3.8, 4) is 0 Å². The van der Waals surface area contributed by atoms with Crippen molar-refractivity contribution in [3.05, 3.63) is 41.2 Å². The quantitative estimate of drug-likeness (QED) is 0.688. The molecule has 2 rings (SSSR count). The van der Waals surface area contributed by atoms with Crippen molar-refractivity contribution in [1.29, 1.82) is 0 Å². The lowest BCUT2D eigenvalue weighted by atomic mass is 10.1. The largest absolute Gasteiger partial charge is 0.399 e. The Morgan fingerprint density at radius 1 is 1.35 bits per heavy atom. The normalized spacial score (nSPS) is 10.2. The minimum Gasteiger partial charge on any atom is -0.399 e. The topological polar surface area (TPSA) is 83.8 Å².